The van der Waals surface area contributed by atoms with E-state index in [1.54, 1.807) is 12.1 Å². The third-order valence-electron chi connectivity index (χ3n) is 5.95. The summed E-state index contributed by atoms with van der Waals surface area (Å²) in [5.74, 6) is 0.663. The van der Waals surface area contributed by atoms with Crippen molar-refractivity contribution in [2.75, 3.05) is 31.6 Å². The van der Waals surface area contributed by atoms with Crippen LogP contribution >= 0.6 is 0 Å². The second kappa shape index (κ2) is 8.19. The first-order valence-electron chi connectivity index (χ1n) is 9.57. The molecule has 1 fully saturated rings. The van der Waals surface area contributed by atoms with E-state index in [-0.39, 0.29) is 4.90 Å². The van der Waals surface area contributed by atoms with Gasteiger partial charge in [-0.2, -0.15) is 4.31 Å². The fourth-order valence-electron chi connectivity index (χ4n) is 3.60. The molecular formula is C21H29N3O3S. The molecule has 6 nitrogen and oxygen atoms in total. The molecule has 1 N–H and O–H groups in total. The zero-order valence-corrected chi connectivity index (χ0v) is 18.1. The van der Waals surface area contributed by atoms with Crippen LogP contribution in [0.3, 0.4) is 0 Å². The van der Waals surface area contributed by atoms with E-state index in [9.17, 15) is 8.42 Å². The van der Waals surface area contributed by atoms with Crippen LogP contribution in [0.2, 0.25) is 0 Å². The van der Waals surface area contributed by atoms with E-state index < -0.39 is 10.0 Å². The van der Waals surface area contributed by atoms with Gasteiger partial charge < -0.3 is 10.1 Å². The summed E-state index contributed by atoms with van der Waals surface area (Å²) in [7, 11) is -3.51. The number of hydrogen-bond donors (Lipinski definition) is 1. The Hall–Kier alpha value is -1.96. The number of nitrogens with zero attached hydrogens (tertiary/aromatic N) is 2. The molecule has 7 heteroatoms. The number of hydrogen-bond acceptors (Lipinski definition) is 5. The van der Waals surface area contributed by atoms with E-state index >= 15 is 0 Å². The van der Waals surface area contributed by atoms with Crippen molar-refractivity contribution >= 4 is 15.8 Å². The highest BCUT2D eigenvalue weighted by Gasteiger charge is 2.26. The minimum atomic E-state index is -3.51. The maximum Gasteiger partial charge on any atom is 0.244 e. The monoisotopic (exact) mass is 403 g/mol. The standard InChI is InChI=1S/C21H29N3O3S/c1-14-15(2)17(4)20(18(5)16(14)3)13-23-21-7-6-19(12-22-21)28(25,26)24-8-10-27-11-9-24/h6-7,12H,8-11,13H2,1-5H3,(H,22,23). The molecular weight excluding hydrogens is 374 g/mol. The Morgan fingerprint density at radius 1 is 0.964 bits per heavy atom. The fraction of sp³-hybridized carbons (Fsp3) is 0.476. The van der Waals surface area contributed by atoms with Crippen molar-refractivity contribution < 1.29 is 13.2 Å². The molecule has 0 spiro atoms. The van der Waals surface area contributed by atoms with Crippen LogP contribution < -0.4 is 5.32 Å². The molecule has 2 heterocycles. The zero-order chi connectivity index (χ0) is 20.5. The van der Waals surface area contributed by atoms with Crippen molar-refractivity contribution in [3.8, 4) is 0 Å². The summed E-state index contributed by atoms with van der Waals surface area (Å²) in [4.78, 5) is 4.55. The van der Waals surface area contributed by atoms with Crippen LogP contribution in [0.15, 0.2) is 23.2 Å². The lowest BCUT2D eigenvalue weighted by Gasteiger charge is -2.25. The number of anilines is 1. The molecule has 1 aromatic heterocycles. The molecule has 0 bridgehead atoms. The van der Waals surface area contributed by atoms with E-state index in [2.05, 4.69) is 44.9 Å². The van der Waals surface area contributed by atoms with E-state index in [1.807, 2.05) is 0 Å². The Bertz CT molecular complexity index is 934. The summed E-state index contributed by atoms with van der Waals surface area (Å²) < 4.78 is 32.1. The largest absolute Gasteiger partial charge is 0.379 e. The van der Waals surface area contributed by atoms with E-state index in [0.717, 1.165) is 0 Å². The SMILES string of the molecule is Cc1c(C)c(C)c(CNc2ccc(S(=O)(=O)N3CCOCC3)cn2)c(C)c1C. The number of benzene rings is 1. The number of morpholine rings is 1. The predicted octanol–water partition coefficient (Wildman–Crippen LogP) is 3.26. The smallest absolute Gasteiger partial charge is 0.244 e. The molecule has 0 aliphatic carbocycles. The number of ether oxygens (including phenoxy) is 1. The van der Waals surface area contributed by atoms with Crippen molar-refractivity contribution in [1.29, 1.82) is 0 Å². The van der Waals surface area contributed by atoms with Gasteiger partial charge in [0, 0.05) is 25.8 Å². The van der Waals surface area contributed by atoms with Crippen LogP contribution in [0, 0.1) is 34.6 Å². The molecule has 0 radical (unpaired) electrons. The minimum Gasteiger partial charge on any atom is -0.379 e. The Balaban J connectivity index is 1.75. The lowest BCUT2D eigenvalue weighted by Crippen LogP contribution is -2.40. The number of rotatable bonds is 5. The van der Waals surface area contributed by atoms with Gasteiger partial charge in [0.1, 0.15) is 10.7 Å². The van der Waals surface area contributed by atoms with Crippen LogP contribution in [0.25, 0.3) is 0 Å². The molecule has 0 amide bonds. The van der Waals surface area contributed by atoms with Crippen LogP contribution in [0.5, 0.6) is 0 Å². The Morgan fingerprint density at radius 3 is 2.07 bits per heavy atom. The minimum absolute atomic E-state index is 0.217. The molecule has 1 aliphatic heterocycles. The van der Waals surface area contributed by atoms with Crippen molar-refractivity contribution in [1.82, 2.24) is 9.29 Å². The second-order valence-corrected chi connectivity index (χ2v) is 9.29. The number of aromatic nitrogens is 1. The Morgan fingerprint density at radius 2 is 1.54 bits per heavy atom. The van der Waals surface area contributed by atoms with Crippen molar-refractivity contribution in [2.45, 2.75) is 46.1 Å². The van der Waals surface area contributed by atoms with Gasteiger partial charge >= 0.3 is 0 Å². The summed E-state index contributed by atoms with van der Waals surface area (Å²) in [5.41, 5.74) is 7.83. The van der Waals surface area contributed by atoms with Crippen molar-refractivity contribution in [3.63, 3.8) is 0 Å². The third kappa shape index (κ3) is 3.92. The lowest BCUT2D eigenvalue weighted by atomic mass is 9.89. The van der Waals surface area contributed by atoms with Gasteiger partial charge in [-0.05, 0) is 80.1 Å². The first-order chi connectivity index (χ1) is 13.2. The highest BCUT2D eigenvalue weighted by Crippen LogP contribution is 2.26. The van der Waals surface area contributed by atoms with E-state index in [0.29, 0.717) is 38.7 Å². The van der Waals surface area contributed by atoms with Crippen LogP contribution in [-0.2, 0) is 21.3 Å². The molecule has 2 aromatic rings. The summed E-state index contributed by atoms with van der Waals surface area (Å²) in [6.07, 6.45) is 1.43. The van der Waals surface area contributed by atoms with E-state index in [4.69, 9.17) is 4.74 Å². The number of nitrogens with one attached hydrogen (secondary N) is 1. The van der Waals surface area contributed by atoms with Crippen LogP contribution in [-0.4, -0.2) is 44.0 Å². The molecule has 0 atom stereocenters. The van der Waals surface area contributed by atoms with Gasteiger partial charge in [0.15, 0.2) is 0 Å². The average Bonchev–Trinajstić information content (AvgIpc) is 2.72. The Labute approximate surface area is 168 Å². The fourth-order valence-corrected chi connectivity index (χ4v) is 4.95. The van der Waals surface area contributed by atoms with Gasteiger partial charge in [-0.1, -0.05) is 0 Å². The first-order valence-corrected chi connectivity index (χ1v) is 11.0. The lowest BCUT2D eigenvalue weighted by molar-refractivity contribution is 0.0730. The summed E-state index contributed by atoms with van der Waals surface area (Å²) in [6.45, 7) is 13.1. The van der Waals surface area contributed by atoms with Crippen molar-refractivity contribution in [2.24, 2.45) is 0 Å². The molecule has 0 unspecified atom stereocenters. The molecule has 3 rings (SSSR count). The van der Waals surface area contributed by atoms with Gasteiger partial charge in [0.05, 0.1) is 13.2 Å². The third-order valence-corrected chi connectivity index (χ3v) is 7.83. The molecule has 152 valence electrons. The van der Waals surface area contributed by atoms with Gasteiger partial charge in [0.2, 0.25) is 10.0 Å². The van der Waals surface area contributed by atoms with Gasteiger partial charge in [-0.15, -0.1) is 0 Å². The van der Waals surface area contributed by atoms with Gasteiger partial charge in [-0.25, -0.2) is 13.4 Å². The second-order valence-electron chi connectivity index (χ2n) is 7.35. The van der Waals surface area contributed by atoms with Crippen LogP contribution in [0.4, 0.5) is 5.82 Å². The first kappa shape index (κ1) is 20.8. The summed E-state index contributed by atoms with van der Waals surface area (Å²) in [5, 5.41) is 3.34. The molecule has 28 heavy (non-hydrogen) atoms. The maximum absolute atomic E-state index is 12.7. The summed E-state index contributed by atoms with van der Waals surface area (Å²) >= 11 is 0. The summed E-state index contributed by atoms with van der Waals surface area (Å²) in [6, 6.07) is 3.34. The average molecular weight is 404 g/mol. The topological polar surface area (TPSA) is 71.5 Å². The zero-order valence-electron chi connectivity index (χ0n) is 17.3. The molecule has 1 saturated heterocycles. The number of pyridine rings is 1. The number of sulfonamides is 1. The molecule has 1 aromatic carbocycles. The quantitative estimate of drug-likeness (QED) is 0.830. The van der Waals surface area contributed by atoms with Gasteiger partial charge in [0.25, 0.3) is 0 Å². The predicted molar refractivity (Wildman–Crippen MR) is 111 cm³/mol. The normalized spacial score (nSPS) is 15.6. The maximum atomic E-state index is 12.7. The van der Waals surface area contributed by atoms with Crippen molar-refractivity contribution in [3.05, 3.63) is 51.7 Å². The van der Waals surface area contributed by atoms with Gasteiger partial charge in [-0.3, -0.25) is 0 Å². The Kier molecular flexibility index (Phi) is 6.07. The molecule has 0 saturated carbocycles. The van der Waals surface area contributed by atoms with Crippen LogP contribution in [0.1, 0.15) is 33.4 Å². The van der Waals surface area contributed by atoms with E-state index in [1.165, 1.54) is 43.9 Å². The molecule has 1 aliphatic rings. The highest BCUT2D eigenvalue weighted by molar-refractivity contribution is 7.89. The highest BCUT2D eigenvalue weighted by atomic mass is 32.2.